The monoisotopic (exact) mass is 214 g/mol. The van der Waals surface area contributed by atoms with Gasteiger partial charge >= 0.3 is 50.9 Å². The van der Waals surface area contributed by atoms with Crippen molar-refractivity contribution in [1.82, 2.24) is 0 Å². The Morgan fingerprint density at radius 2 is 2.17 bits per heavy atom. The maximum atomic E-state index is 5.43. The Morgan fingerprint density at radius 3 is 2.17 bits per heavy atom. The second kappa shape index (κ2) is 4.24. The first-order chi connectivity index (χ1) is 2.77. The molecule has 0 unspecified atom stereocenters. The summed E-state index contributed by atoms with van der Waals surface area (Å²) in [5.74, 6) is 0. The van der Waals surface area contributed by atoms with E-state index in [0.717, 1.165) is 6.42 Å². The summed E-state index contributed by atoms with van der Waals surface area (Å²) >= 11 is -1.39. The van der Waals surface area contributed by atoms with E-state index in [4.69, 9.17) is 19.4 Å². The van der Waals surface area contributed by atoms with Gasteiger partial charge in [0.15, 0.2) is 0 Å². The quantitative estimate of drug-likeness (QED) is 0.586. The van der Waals surface area contributed by atoms with Crippen molar-refractivity contribution in [2.24, 2.45) is 0 Å². The average molecular weight is 214 g/mol. The van der Waals surface area contributed by atoms with Gasteiger partial charge in [0.2, 0.25) is 0 Å². The molecule has 0 bridgehead atoms. The number of hydrogen-bond acceptors (Lipinski definition) is 0. The van der Waals surface area contributed by atoms with Crippen molar-refractivity contribution in [2.75, 3.05) is 0 Å². The van der Waals surface area contributed by atoms with Crippen LogP contribution in [0.3, 0.4) is 0 Å². The number of rotatable bonds is 1. The summed E-state index contributed by atoms with van der Waals surface area (Å²) in [5.41, 5.74) is 0. The molecule has 0 aromatic heterocycles. The van der Waals surface area contributed by atoms with E-state index in [9.17, 15) is 0 Å². The molecular weight excluding hydrogens is 208 g/mol. The minimum absolute atomic E-state index is 1.01. The predicted octanol–water partition coefficient (Wildman–Crippen LogP) is 2.12. The Bertz CT molecular complexity index is 55.8. The van der Waals surface area contributed by atoms with Crippen LogP contribution in [0.25, 0.3) is 0 Å². The molecule has 0 fully saturated rings. The van der Waals surface area contributed by atoms with Gasteiger partial charge in [0.1, 0.15) is 0 Å². The molecule has 0 rings (SSSR count). The Labute approximate surface area is 51.0 Å². The molecule has 40 valence electrons. The molecular formula is C3H6Cl2Ru. The molecule has 0 radical (unpaired) electrons. The van der Waals surface area contributed by atoms with Gasteiger partial charge < -0.3 is 0 Å². The van der Waals surface area contributed by atoms with Crippen molar-refractivity contribution >= 4 is 24.0 Å². The van der Waals surface area contributed by atoms with Gasteiger partial charge in [0.05, 0.1) is 0 Å². The fourth-order valence-electron chi connectivity index (χ4n) is 0.109. The molecule has 6 heavy (non-hydrogen) atoms. The van der Waals surface area contributed by atoms with E-state index in [2.05, 4.69) is 0 Å². The van der Waals surface area contributed by atoms with Crippen LogP contribution < -0.4 is 0 Å². The van der Waals surface area contributed by atoms with Gasteiger partial charge in [-0.15, -0.1) is 0 Å². The summed E-state index contributed by atoms with van der Waals surface area (Å²) in [4.78, 5) is 0. The Balaban J connectivity index is 3.14. The molecule has 0 heterocycles. The molecule has 0 atom stereocenters. The topological polar surface area (TPSA) is 0 Å². The van der Waals surface area contributed by atoms with Crippen molar-refractivity contribution in [3.8, 4) is 0 Å². The van der Waals surface area contributed by atoms with Crippen molar-refractivity contribution in [1.29, 1.82) is 0 Å². The third-order valence-corrected chi connectivity index (χ3v) is 2.79. The van der Waals surface area contributed by atoms with E-state index >= 15 is 0 Å². The summed E-state index contributed by atoms with van der Waals surface area (Å²) in [6.45, 7) is 2.03. The first-order valence-electron chi connectivity index (χ1n) is 1.59. The number of halogens is 2. The van der Waals surface area contributed by atoms with Crippen molar-refractivity contribution in [3.63, 3.8) is 0 Å². The molecule has 3 heteroatoms. The van der Waals surface area contributed by atoms with Gasteiger partial charge in [-0.25, -0.2) is 0 Å². The summed E-state index contributed by atoms with van der Waals surface area (Å²) in [6, 6.07) is 0. The fraction of sp³-hybridized carbons (Fsp3) is 0.667. The number of hydrogen-bond donors (Lipinski definition) is 0. The normalized spacial score (nSPS) is 10.8. The van der Waals surface area contributed by atoms with Crippen LogP contribution in [0.2, 0.25) is 0 Å². The minimum atomic E-state index is -1.39. The van der Waals surface area contributed by atoms with Gasteiger partial charge in [0.25, 0.3) is 0 Å². The van der Waals surface area contributed by atoms with Crippen LogP contribution in [0, 0.1) is 0 Å². The Kier molecular flexibility index (Phi) is 5.00. The second-order valence-corrected chi connectivity index (χ2v) is 6.69. The van der Waals surface area contributed by atoms with Crippen LogP contribution in [0.1, 0.15) is 13.3 Å². The summed E-state index contributed by atoms with van der Waals surface area (Å²) in [6.07, 6.45) is 1.01. The molecule has 0 aliphatic heterocycles. The van der Waals surface area contributed by atoms with Gasteiger partial charge in [0, 0.05) is 0 Å². The molecule has 0 saturated heterocycles. The van der Waals surface area contributed by atoms with Crippen molar-refractivity contribution in [3.05, 3.63) is 0 Å². The van der Waals surface area contributed by atoms with E-state index < -0.39 is 13.5 Å². The molecule has 0 aromatic carbocycles. The standard InChI is InChI=1S/C3H6.2ClH.Ru/c1-3-2;;;/h1H,3H2,2H3;2*1H;/q;;;+2/p-2. The fourth-order valence-corrected chi connectivity index (χ4v) is 1.94. The zero-order valence-electron chi connectivity index (χ0n) is 3.39. The van der Waals surface area contributed by atoms with E-state index in [1.807, 2.05) is 11.5 Å². The molecule has 0 saturated carbocycles. The van der Waals surface area contributed by atoms with Crippen molar-refractivity contribution in [2.45, 2.75) is 13.3 Å². The molecule has 0 aliphatic carbocycles. The van der Waals surface area contributed by atoms with Crippen LogP contribution in [-0.4, -0.2) is 4.61 Å². The van der Waals surface area contributed by atoms with E-state index in [1.165, 1.54) is 0 Å². The second-order valence-electron chi connectivity index (χ2n) is 0.757. The first kappa shape index (κ1) is 7.07. The van der Waals surface area contributed by atoms with Crippen LogP contribution in [0.4, 0.5) is 0 Å². The summed E-state index contributed by atoms with van der Waals surface area (Å²) in [5, 5.41) is 0. The molecule has 0 amide bonds. The van der Waals surface area contributed by atoms with Gasteiger partial charge in [-0.05, 0) is 0 Å². The van der Waals surface area contributed by atoms with E-state index in [-0.39, 0.29) is 0 Å². The van der Waals surface area contributed by atoms with Crippen LogP contribution in [-0.2, 0) is 13.5 Å². The zero-order chi connectivity index (χ0) is 4.99. The third-order valence-electron chi connectivity index (χ3n) is 0.253. The molecule has 0 aromatic rings. The van der Waals surface area contributed by atoms with E-state index in [1.54, 1.807) is 0 Å². The molecule has 0 nitrogen and oxygen atoms in total. The van der Waals surface area contributed by atoms with Gasteiger partial charge in [-0.2, -0.15) is 0 Å². The zero-order valence-corrected chi connectivity index (χ0v) is 6.64. The predicted molar refractivity (Wildman–Crippen MR) is 28.1 cm³/mol. The Morgan fingerprint density at radius 1 is 1.67 bits per heavy atom. The third kappa shape index (κ3) is 5.07. The van der Waals surface area contributed by atoms with Gasteiger partial charge in [-0.3, -0.25) is 0 Å². The average Bonchev–Trinajstić information content (AvgIpc) is 1.35. The van der Waals surface area contributed by atoms with Crippen LogP contribution in [0.5, 0.6) is 0 Å². The molecule has 0 spiro atoms. The summed E-state index contributed by atoms with van der Waals surface area (Å²) < 4.78 is 1.97. The SMILES string of the molecule is CC[CH]=[Ru]([Cl])[Cl]. The van der Waals surface area contributed by atoms with E-state index in [0.29, 0.717) is 0 Å². The van der Waals surface area contributed by atoms with Crippen LogP contribution in [0.15, 0.2) is 0 Å². The first-order valence-corrected chi connectivity index (χ1v) is 7.07. The molecule has 0 aliphatic rings. The summed E-state index contributed by atoms with van der Waals surface area (Å²) in [7, 11) is 10.9. The van der Waals surface area contributed by atoms with Crippen molar-refractivity contribution < 1.29 is 13.5 Å². The van der Waals surface area contributed by atoms with Crippen LogP contribution >= 0.6 is 19.4 Å². The molecule has 0 N–H and O–H groups in total. The Hall–Kier alpha value is 1.07. The van der Waals surface area contributed by atoms with Gasteiger partial charge in [-0.1, -0.05) is 0 Å². The maximum absolute atomic E-state index is 5.43.